The number of hydrogen-bond donors (Lipinski definition) is 0. The Kier molecular flexibility index (Phi) is 8.37. The molecule has 1 heterocycles. The summed E-state index contributed by atoms with van der Waals surface area (Å²) < 4.78 is 72.8. The lowest BCUT2D eigenvalue weighted by molar-refractivity contribution is -0.137. The number of ether oxygens (including phenoxy) is 1. The van der Waals surface area contributed by atoms with E-state index in [0.717, 1.165) is 10.4 Å². The number of anilines is 2. The molecule has 0 spiro atoms. The quantitative estimate of drug-likeness (QED) is 0.269. The summed E-state index contributed by atoms with van der Waals surface area (Å²) in [6, 6.07) is 9.18. The molecule has 2 aromatic carbocycles. The van der Waals surface area contributed by atoms with E-state index in [1.165, 1.54) is 61.7 Å². The molecule has 0 bridgehead atoms. The van der Waals surface area contributed by atoms with E-state index in [-0.39, 0.29) is 28.0 Å². The number of methoxy groups -OCH3 is 1. The molecule has 0 aliphatic heterocycles. The average molecular weight is 550 g/mol. The first-order valence-corrected chi connectivity index (χ1v) is 11.5. The van der Waals surface area contributed by atoms with Gasteiger partial charge in [0.2, 0.25) is 0 Å². The van der Waals surface area contributed by atoms with Crippen LogP contribution in [0.4, 0.5) is 28.9 Å². The fourth-order valence-electron chi connectivity index (χ4n) is 3.01. The van der Waals surface area contributed by atoms with E-state index in [0.29, 0.717) is 11.8 Å². The Balaban J connectivity index is 2.07. The molecule has 1 unspecified atom stereocenters. The smallest absolute Gasteiger partial charge is 0.363 e. The molecule has 186 valence electrons. The monoisotopic (exact) mass is 549 g/mol. The Hall–Kier alpha value is -2.73. The van der Waals surface area contributed by atoms with Crippen molar-refractivity contribution in [1.29, 1.82) is 0 Å². The Morgan fingerprint density at radius 3 is 2.37 bits per heavy atom. The van der Waals surface area contributed by atoms with Crippen LogP contribution in [0.3, 0.4) is 0 Å². The van der Waals surface area contributed by atoms with Crippen LogP contribution in [0.15, 0.2) is 59.6 Å². The number of benzene rings is 2. The number of amides is 1. The van der Waals surface area contributed by atoms with Gasteiger partial charge in [0.05, 0.1) is 26.2 Å². The van der Waals surface area contributed by atoms with Crippen LogP contribution >= 0.6 is 23.2 Å². The molecular formula is C22H17Cl2F4N3O3S. The van der Waals surface area contributed by atoms with E-state index in [1.54, 1.807) is 0 Å². The van der Waals surface area contributed by atoms with E-state index in [4.69, 9.17) is 27.9 Å². The molecule has 3 aromatic rings. The van der Waals surface area contributed by atoms with Gasteiger partial charge in [-0.1, -0.05) is 23.2 Å². The molecular weight excluding hydrogens is 533 g/mol. The molecule has 0 N–H and O–H groups in total. The summed E-state index contributed by atoms with van der Waals surface area (Å²) in [4.78, 5) is 18.2. The molecule has 0 radical (unpaired) electrons. The lowest BCUT2D eigenvalue weighted by Crippen LogP contribution is -2.33. The topological polar surface area (TPSA) is 62.7 Å². The second-order valence-corrected chi connectivity index (χ2v) is 9.30. The molecule has 6 nitrogen and oxygen atoms in total. The molecule has 35 heavy (non-hydrogen) atoms. The van der Waals surface area contributed by atoms with Gasteiger partial charge in [0.1, 0.15) is 12.5 Å². The lowest BCUT2D eigenvalue weighted by atomic mass is 10.2. The third-order valence-corrected chi connectivity index (χ3v) is 6.61. The standard InChI is InChI=1S/C22H17Cl2F4N3O3S/c1-30(15-5-3-14(25)4-6-15)21(32)20-19(9-13(23)11-29-20)31(12-34-2)35(33)16-7-8-18(24)17(10-16)22(26,27)28/h3-11H,12H2,1-2H3. The Bertz CT molecular complexity index is 1260. The van der Waals surface area contributed by atoms with Gasteiger partial charge in [-0.15, -0.1) is 0 Å². The third-order valence-electron chi connectivity index (χ3n) is 4.72. The normalized spacial score (nSPS) is 12.3. The number of carbonyl (C=O) groups is 1. The first-order chi connectivity index (χ1) is 16.4. The number of hydrogen-bond acceptors (Lipinski definition) is 4. The molecule has 0 saturated carbocycles. The first-order valence-electron chi connectivity index (χ1n) is 9.68. The summed E-state index contributed by atoms with van der Waals surface area (Å²) >= 11 is 11.7. The zero-order valence-corrected chi connectivity index (χ0v) is 20.5. The summed E-state index contributed by atoms with van der Waals surface area (Å²) in [5, 5.41) is -0.482. The molecule has 0 aliphatic rings. The fourth-order valence-corrected chi connectivity index (χ4v) is 4.56. The van der Waals surface area contributed by atoms with Crippen molar-refractivity contribution in [2.45, 2.75) is 11.1 Å². The van der Waals surface area contributed by atoms with Gasteiger partial charge in [-0.3, -0.25) is 9.10 Å². The third kappa shape index (κ3) is 6.10. The van der Waals surface area contributed by atoms with E-state index in [9.17, 15) is 26.6 Å². The van der Waals surface area contributed by atoms with Crippen LogP contribution in [0.2, 0.25) is 10.0 Å². The highest BCUT2D eigenvalue weighted by atomic mass is 35.5. The van der Waals surface area contributed by atoms with Gasteiger partial charge in [0, 0.05) is 26.0 Å². The first kappa shape index (κ1) is 26.9. The van der Waals surface area contributed by atoms with Crippen molar-refractivity contribution in [3.8, 4) is 0 Å². The summed E-state index contributed by atoms with van der Waals surface area (Å²) in [5.74, 6) is -1.17. The van der Waals surface area contributed by atoms with E-state index < -0.39 is 39.5 Å². The fraction of sp³-hybridized carbons (Fsp3) is 0.182. The van der Waals surface area contributed by atoms with E-state index >= 15 is 0 Å². The van der Waals surface area contributed by atoms with Crippen molar-refractivity contribution in [1.82, 2.24) is 4.98 Å². The van der Waals surface area contributed by atoms with Crippen LogP contribution in [0.25, 0.3) is 0 Å². The van der Waals surface area contributed by atoms with Crippen LogP contribution in [0.1, 0.15) is 16.1 Å². The van der Waals surface area contributed by atoms with Crippen molar-refractivity contribution in [2.24, 2.45) is 0 Å². The van der Waals surface area contributed by atoms with Crippen molar-refractivity contribution >= 4 is 51.5 Å². The SMILES string of the molecule is COCN(c1cc(Cl)cnc1C(=O)N(C)c1ccc(F)cc1)S(=O)c1ccc(Cl)c(C(F)(F)F)c1. The molecule has 0 aliphatic carbocycles. The maximum Gasteiger partial charge on any atom is 0.417 e. The zero-order chi connectivity index (χ0) is 25.9. The molecule has 3 rings (SSSR count). The minimum absolute atomic E-state index is 0.0554. The Labute approximate surface area is 210 Å². The minimum Gasteiger partial charge on any atom is -0.363 e. The van der Waals surface area contributed by atoms with Crippen molar-refractivity contribution in [3.05, 3.63) is 81.8 Å². The van der Waals surface area contributed by atoms with Gasteiger partial charge in [0.15, 0.2) is 16.7 Å². The largest absolute Gasteiger partial charge is 0.417 e. The second kappa shape index (κ2) is 10.9. The maximum absolute atomic E-state index is 13.4. The number of halogens is 6. The highest BCUT2D eigenvalue weighted by molar-refractivity contribution is 7.86. The molecule has 1 amide bonds. The molecule has 13 heteroatoms. The molecule has 0 saturated heterocycles. The predicted molar refractivity (Wildman–Crippen MR) is 126 cm³/mol. The van der Waals surface area contributed by atoms with Crippen LogP contribution in [0, 0.1) is 5.82 Å². The van der Waals surface area contributed by atoms with E-state index in [1.807, 2.05) is 0 Å². The maximum atomic E-state index is 13.4. The summed E-state index contributed by atoms with van der Waals surface area (Å²) in [6.07, 6.45) is -3.59. The number of pyridine rings is 1. The van der Waals surface area contributed by atoms with Crippen molar-refractivity contribution in [2.75, 3.05) is 30.1 Å². The minimum atomic E-state index is -4.78. The van der Waals surface area contributed by atoms with Crippen LogP contribution in [0.5, 0.6) is 0 Å². The van der Waals surface area contributed by atoms with E-state index in [2.05, 4.69) is 4.98 Å². The zero-order valence-electron chi connectivity index (χ0n) is 18.1. The Morgan fingerprint density at radius 1 is 1.11 bits per heavy atom. The number of rotatable bonds is 7. The molecule has 1 aromatic heterocycles. The van der Waals surface area contributed by atoms with Crippen molar-refractivity contribution in [3.63, 3.8) is 0 Å². The number of carbonyl (C=O) groups excluding carboxylic acids is 1. The predicted octanol–water partition coefficient (Wildman–Crippen LogP) is 5.96. The average Bonchev–Trinajstić information content (AvgIpc) is 2.81. The molecule has 0 fully saturated rings. The summed E-state index contributed by atoms with van der Waals surface area (Å²) in [6.45, 7) is -0.390. The van der Waals surface area contributed by atoms with Crippen LogP contribution in [-0.2, 0) is 21.9 Å². The Morgan fingerprint density at radius 2 is 1.77 bits per heavy atom. The van der Waals surface area contributed by atoms with Gasteiger partial charge in [-0.2, -0.15) is 13.2 Å². The highest BCUT2D eigenvalue weighted by Gasteiger charge is 2.34. The second-order valence-electron chi connectivity index (χ2n) is 7.05. The molecule has 1 atom stereocenters. The number of aromatic nitrogens is 1. The summed E-state index contributed by atoms with van der Waals surface area (Å²) in [5.41, 5.74) is -1.10. The summed E-state index contributed by atoms with van der Waals surface area (Å²) in [7, 11) is 0.403. The highest BCUT2D eigenvalue weighted by Crippen LogP contribution is 2.37. The van der Waals surface area contributed by atoms with Crippen molar-refractivity contribution < 1.29 is 31.3 Å². The van der Waals surface area contributed by atoms with Gasteiger partial charge in [-0.25, -0.2) is 13.6 Å². The lowest BCUT2D eigenvalue weighted by Gasteiger charge is -2.26. The van der Waals surface area contributed by atoms with Gasteiger partial charge < -0.3 is 9.64 Å². The number of alkyl halides is 3. The van der Waals surface area contributed by atoms with Crippen LogP contribution in [-0.4, -0.2) is 36.0 Å². The number of nitrogens with zero attached hydrogens (tertiary/aromatic N) is 3. The van der Waals surface area contributed by atoms with Gasteiger partial charge >= 0.3 is 6.18 Å². The van der Waals surface area contributed by atoms with Gasteiger partial charge in [0.25, 0.3) is 5.91 Å². The van der Waals surface area contributed by atoms with Gasteiger partial charge in [-0.05, 0) is 48.5 Å². The van der Waals surface area contributed by atoms with Crippen LogP contribution < -0.4 is 9.21 Å².